The lowest BCUT2D eigenvalue weighted by Gasteiger charge is -2.08. The van der Waals surface area contributed by atoms with Gasteiger partial charge in [0.05, 0.1) is 6.20 Å². The number of nitrogen functional groups attached to an aromatic ring is 1. The van der Waals surface area contributed by atoms with Crippen LogP contribution in [0.3, 0.4) is 0 Å². The van der Waals surface area contributed by atoms with E-state index in [1.165, 1.54) is 6.20 Å². The van der Waals surface area contributed by atoms with Crippen molar-refractivity contribution in [2.24, 2.45) is 0 Å². The summed E-state index contributed by atoms with van der Waals surface area (Å²) >= 11 is 1.06. The van der Waals surface area contributed by atoms with Gasteiger partial charge in [-0.3, -0.25) is 4.79 Å². The zero-order valence-electron chi connectivity index (χ0n) is 8.60. The minimum Gasteiger partial charge on any atom is -0.398 e. The van der Waals surface area contributed by atoms with E-state index in [4.69, 9.17) is 5.73 Å². The van der Waals surface area contributed by atoms with Gasteiger partial charge in [-0.05, 0) is 36.2 Å². The van der Waals surface area contributed by atoms with Gasteiger partial charge in [-0.25, -0.2) is 0 Å². The van der Waals surface area contributed by atoms with Gasteiger partial charge in [0.25, 0.3) is 5.91 Å². The molecule has 0 spiro atoms. The first kappa shape index (κ1) is 10.6. The van der Waals surface area contributed by atoms with E-state index < -0.39 is 0 Å². The van der Waals surface area contributed by atoms with Crippen molar-refractivity contribution in [3.05, 3.63) is 34.8 Å². The van der Waals surface area contributed by atoms with Gasteiger partial charge in [0.15, 0.2) is 0 Å². The van der Waals surface area contributed by atoms with Crippen molar-refractivity contribution in [3.8, 4) is 0 Å². The average Bonchev–Trinajstić information content (AvgIpc) is 2.78. The summed E-state index contributed by atoms with van der Waals surface area (Å²) in [6.07, 6.45) is 1.43. The summed E-state index contributed by atoms with van der Waals surface area (Å²) in [4.78, 5) is 12.2. The molecule has 0 unspecified atom stereocenters. The van der Waals surface area contributed by atoms with Crippen molar-refractivity contribution < 1.29 is 4.79 Å². The van der Waals surface area contributed by atoms with Gasteiger partial charge in [0.2, 0.25) is 0 Å². The second-order valence-corrected chi connectivity index (χ2v) is 4.04. The van der Waals surface area contributed by atoms with E-state index in [1.807, 2.05) is 6.92 Å². The van der Waals surface area contributed by atoms with E-state index in [0.717, 1.165) is 17.1 Å². The number of anilines is 2. The monoisotopic (exact) mass is 234 g/mol. The number of aromatic nitrogens is 2. The third-order valence-corrected chi connectivity index (χ3v) is 2.87. The molecule has 0 saturated heterocycles. The molecule has 0 bridgehead atoms. The summed E-state index contributed by atoms with van der Waals surface area (Å²) in [6.45, 7) is 1.86. The SMILES string of the molecule is Cc1c(N)cccc1NC(=O)c1cnns1. The molecule has 0 saturated carbocycles. The van der Waals surface area contributed by atoms with Gasteiger partial charge in [-0.2, -0.15) is 0 Å². The van der Waals surface area contributed by atoms with E-state index in [1.54, 1.807) is 18.2 Å². The van der Waals surface area contributed by atoms with Crippen molar-refractivity contribution >= 4 is 28.8 Å². The highest BCUT2D eigenvalue weighted by molar-refractivity contribution is 7.07. The first-order chi connectivity index (χ1) is 7.68. The van der Waals surface area contributed by atoms with E-state index in [2.05, 4.69) is 14.9 Å². The second kappa shape index (κ2) is 4.28. The molecule has 6 heteroatoms. The number of hydrogen-bond donors (Lipinski definition) is 2. The van der Waals surface area contributed by atoms with Gasteiger partial charge < -0.3 is 11.1 Å². The summed E-state index contributed by atoms with van der Waals surface area (Å²) < 4.78 is 3.63. The molecule has 1 amide bonds. The van der Waals surface area contributed by atoms with Crippen LogP contribution in [0.25, 0.3) is 0 Å². The second-order valence-electron chi connectivity index (χ2n) is 3.26. The quantitative estimate of drug-likeness (QED) is 0.775. The third-order valence-electron chi connectivity index (χ3n) is 2.21. The van der Waals surface area contributed by atoms with Gasteiger partial charge in [0.1, 0.15) is 4.88 Å². The van der Waals surface area contributed by atoms with Gasteiger partial charge in [-0.15, -0.1) is 5.10 Å². The van der Waals surface area contributed by atoms with Crippen LogP contribution in [0.15, 0.2) is 24.4 Å². The number of nitrogens with one attached hydrogen (secondary N) is 1. The molecule has 3 N–H and O–H groups in total. The van der Waals surface area contributed by atoms with E-state index >= 15 is 0 Å². The topological polar surface area (TPSA) is 80.9 Å². The molecule has 2 aromatic rings. The zero-order valence-corrected chi connectivity index (χ0v) is 9.41. The molecule has 0 radical (unpaired) electrons. The number of amides is 1. The molecular weight excluding hydrogens is 224 g/mol. The number of carbonyl (C=O) groups is 1. The van der Waals surface area contributed by atoms with Crippen molar-refractivity contribution in [3.63, 3.8) is 0 Å². The molecule has 0 aliphatic carbocycles. The Morgan fingerprint density at radius 3 is 3.00 bits per heavy atom. The number of rotatable bonds is 2. The van der Waals surface area contributed by atoms with Crippen molar-refractivity contribution in [1.29, 1.82) is 0 Å². The number of nitrogens with zero attached hydrogens (tertiary/aromatic N) is 2. The summed E-state index contributed by atoms with van der Waals surface area (Å²) in [5.41, 5.74) is 7.96. The Labute approximate surface area is 96.5 Å². The minimum absolute atomic E-state index is 0.219. The van der Waals surface area contributed by atoms with Crippen LogP contribution in [0.4, 0.5) is 11.4 Å². The largest absolute Gasteiger partial charge is 0.398 e. The fraction of sp³-hybridized carbons (Fsp3) is 0.100. The maximum absolute atomic E-state index is 11.7. The van der Waals surface area contributed by atoms with Crippen LogP contribution in [0.1, 0.15) is 15.2 Å². The number of hydrogen-bond acceptors (Lipinski definition) is 5. The van der Waals surface area contributed by atoms with E-state index in [-0.39, 0.29) is 5.91 Å². The summed E-state index contributed by atoms with van der Waals surface area (Å²) in [7, 11) is 0. The van der Waals surface area contributed by atoms with Crippen LogP contribution >= 0.6 is 11.5 Å². The van der Waals surface area contributed by atoms with Crippen LogP contribution < -0.4 is 11.1 Å². The Kier molecular flexibility index (Phi) is 2.82. The molecule has 1 aromatic heterocycles. The molecule has 1 aromatic carbocycles. The van der Waals surface area contributed by atoms with Gasteiger partial charge in [0, 0.05) is 11.4 Å². The first-order valence-corrected chi connectivity index (χ1v) is 5.39. The molecule has 5 nitrogen and oxygen atoms in total. The Morgan fingerprint density at radius 1 is 1.50 bits per heavy atom. The zero-order chi connectivity index (χ0) is 11.5. The van der Waals surface area contributed by atoms with Crippen LogP contribution in [-0.4, -0.2) is 15.5 Å². The van der Waals surface area contributed by atoms with Crippen LogP contribution in [-0.2, 0) is 0 Å². The highest BCUT2D eigenvalue weighted by Gasteiger charge is 2.10. The predicted molar refractivity (Wildman–Crippen MR) is 63.5 cm³/mol. The Hall–Kier alpha value is -1.95. The molecule has 2 rings (SSSR count). The Balaban J connectivity index is 2.22. The molecule has 82 valence electrons. The highest BCUT2D eigenvalue weighted by Crippen LogP contribution is 2.21. The maximum Gasteiger partial charge on any atom is 0.269 e. The summed E-state index contributed by atoms with van der Waals surface area (Å²) in [6, 6.07) is 5.39. The third kappa shape index (κ3) is 2.01. The Morgan fingerprint density at radius 2 is 2.31 bits per heavy atom. The number of nitrogens with two attached hydrogens (primary N) is 1. The highest BCUT2D eigenvalue weighted by atomic mass is 32.1. The fourth-order valence-corrected chi connectivity index (χ4v) is 1.65. The maximum atomic E-state index is 11.7. The molecule has 0 aliphatic rings. The summed E-state index contributed by atoms with van der Waals surface area (Å²) in [5.74, 6) is -0.219. The van der Waals surface area contributed by atoms with Crippen molar-refractivity contribution in [2.45, 2.75) is 6.92 Å². The van der Waals surface area contributed by atoms with Crippen molar-refractivity contribution in [2.75, 3.05) is 11.1 Å². The molecule has 16 heavy (non-hydrogen) atoms. The smallest absolute Gasteiger partial charge is 0.269 e. The van der Waals surface area contributed by atoms with Crippen LogP contribution in [0.2, 0.25) is 0 Å². The Bertz CT molecular complexity index is 510. The van der Waals surface area contributed by atoms with E-state index in [0.29, 0.717) is 16.3 Å². The molecule has 0 fully saturated rings. The van der Waals surface area contributed by atoms with Gasteiger partial charge >= 0.3 is 0 Å². The lowest BCUT2D eigenvalue weighted by atomic mass is 10.1. The van der Waals surface area contributed by atoms with Crippen LogP contribution in [0, 0.1) is 6.92 Å². The molecule has 0 aliphatic heterocycles. The summed E-state index contributed by atoms with van der Waals surface area (Å²) in [5, 5.41) is 6.37. The van der Waals surface area contributed by atoms with Crippen LogP contribution in [0.5, 0.6) is 0 Å². The average molecular weight is 234 g/mol. The lowest BCUT2D eigenvalue weighted by Crippen LogP contribution is -2.11. The number of benzene rings is 1. The number of carbonyl (C=O) groups excluding carboxylic acids is 1. The standard InChI is InChI=1S/C10H10N4OS/c1-6-7(11)3-2-4-8(6)13-10(15)9-5-12-14-16-9/h2-5H,11H2,1H3,(H,13,15). The molecular formula is C10H10N4OS. The lowest BCUT2D eigenvalue weighted by molar-refractivity contribution is 0.103. The predicted octanol–water partition coefficient (Wildman–Crippen LogP) is 1.68. The van der Waals surface area contributed by atoms with Crippen molar-refractivity contribution in [1.82, 2.24) is 9.59 Å². The normalized spacial score (nSPS) is 10.1. The fourth-order valence-electron chi connectivity index (χ4n) is 1.24. The molecule has 0 atom stereocenters. The van der Waals surface area contributed by atoms with Gasteiger partial charge in [-0.1, -0.05) is 10.6 Å². The minimum atomic E-state index is -0.219. The first-order valence-electron chi connectivity index (χ1n) is 4.62. The van der Waals surface area contributed by atoms with E-state index in [9.17, 15) is 4.79 Å². The molecule has 1 heterocycles.